The lowest BCUT2D eigenvalue weighted by molar-refractivity contribution is 0.0742. The number of aromatic nitrogens is 1. The molecule has 1 aliphatic heterocycles. The van der Waals surface area contributed by atoms with Crippen LogP contribution in [0.4, 0.5) is 4.39 Å². The first-order chi connectivity index (χ1) is 8.84. The van der Waals surface area contributed by atoms with Crippen LogP contribution in [-0.4, -0.2) is 30.3 Å². The number of pyridine rings is 1. The maximum atomic E-state index is 13.7. The first-order valence-corrected chi connectivity index (χ1v) is 6.20. The van der Waals surface area contributed by atoms with Gasteiger partial charge in [0.1, 0.15) is 23.5 Å². The standard InChI is InChI=1S/C14H15FN2O.2ClH/c15-11-9-16-8-6-12(11)18-13-5-1-3-10-4-2-7-17-14(10)13;;/h1-5,7,11-12,16H,6,8-9H2;2*1H. The van der Waals surface area contributed by atoms with Crippen LogP contribution in [0.15, 0.2) is 36.5 Å². The second-order valence-corrected chi connectivity index (χ2v) is 4.50. The number of benzene rings is 1. The average Bonchev–Trinajstić information content (AvgIpc) is 2.42. The number of hydrogen-bond donors (Lipinski definition) is 1. The third-order valence-corrected chi connectivity index (χ3v) is 3.22. The molecule has 0 bridgehead atoms. The minimum atomic E-state index is -0.960. The highest BCUT2D eigenvalue weighted by Crippen LogP contribution is 2.26. The zero-order valence-electron chi connectivity index (χ0n) is 10.8. The second kappa shape index (κ2) is 7.62. The number of nitrogens with zero attached hydrogens (tertiary/aromatic N) is 1. The molecule has 0 aliphatic carbocycles. The zero-order chi connectivity index (χ0) is 12.4. The number of para-hydroxylation sites is 1. The molecule has 1 fully saturated rings. The van der Waals surface area contributed by atoms with E-state index in [1.807, 2.05) is 30.3 Å². The van der Waals surface area contributed by atoms with Crippen molar-refractivity contribution in [2.24, 2.45) is 0 Å². The van der Waals surface area contributed by atoms with Gasteiger partial charge in [0.05, 0.1) is 0 Å². The molecule has 2 aromatic rings. The van der Waals surface area contributed by atoms with Gasteiger partial charge in [0.2, 0.25) is 0 Å². The number of nitrogens with one attached hydrogen (secondary N) is 1. The van der Waals surface area contributed by atoms with Gasteiger partial charge in [0, 0.05) is 18.1 Å². The monoisotopic (exact) mass is 318 g/mol. The van der Waals surface area contributed by atoms with Gasteiger partial charge in [-0.2, -0.15) is 0 Å². The molecule has 0 spiro atoms. The third-order valence-electron chi connectivity index (χ3n) is 3.22. The van der Waals surface area contributed by atoms with Crippen molar-refractivity contribution >= 4 is 35.7 Å². The van der Waals surface area contributed by atoms with Crippen LogP contribution < -0.4 is 10.1 Å². The fraction of sp³-hybridized carbons (Fsp3) is 0.357. The molecule has 3 nitrogen and oxygen atoms in total. The average molecular weight is 319 g/mol. The van der Waals surface area contributed by atoms with Gasteiger partial charge >= 0.3 is 0 Å². The lowest BCUT2D eigenvalue weighted by atomic mass is 10.1. The Hall–Kier alpha value is -1.10. The normalized spacial score (nSPS) is 21.6. The Balaban J connectivity index is 0.000001000. The molecule has 1 aromatic carbocycles. The van der Waals surface area contributed by atoms with Gasteiger partial charge in [-0.15, -0.1) is 24.8 Å². The van der Waals surface area contributed by atoms with Gasteiger partial charge in [0.15, 0.2) is 0 Å². The van der Waals surface area contributed by atoms with Gasteiger partial charge in [-0.25, -0.2) is 4.39 Å². The van der Waals surface area contributed by atoms with E-state index in [1.165, 1.54) is 0 Å². The summed E-state index contributed by atoms with van der Waals surface area (Å²) in [7, 11) is 0. The smallest absolute Gasteiger partial charge is 0.149 e. The minimum absolute atomic E-state index is 0. The van der Waals surface area contributed by atoms with Gasteiger partial charge in [-0.05, 0) is 25.1 Å². The SMILES string of the molecule is Cl.Cl.FC1CNCCC1Oc1cccc2cccnc12. The van der Waals surface area contributed by atoms with Crippen LogP contribution in [0.25, 0.3) is 10.9 Å². The van der Waals surface area contributed by atoms with Gasteiger partial charge in [-0.3, -0.25) is 4.98 Å². The maximum Gasteiger partial charge on any atom is 0.149 e. The Morgan fingerprint density at radius 1 is 1.20 bits per heavy atom. The Kier molecular flexibility index (Phi) is 6.46. The highest BCUT2D eigenvalue weighted by Gasteiger charge is 2.26. The summed E-state index contributed by atoms with van der Waals surface area (Å²) < 4.78 is 19.5. The van der Waals surface area contributed by atoms with E-state index in [0.717, 1.165) is 17.4 Å². The van der Waals surface area contributed by atoms with E-state index in [9.17, 15) is 4.39 Å². The molecule has 2 atom stereocenters. The Labute approximate surface area is 129 Å². The van der Waals surface area contributed by atoms with Crippen molar-refractivity contribution < 1.29 is 9.13 Å². The predicted molar refractivity (Wildman–Crippen MR) is 83.0 cm³/mol. The largest absolute Gasteiger partial charge is 0.485 e. The van der Waals surface area contributed by atoms with Gasteiger partial charge in [-0.1, -0.05) is 18.2 Å². The lowest BCUT2D eigenvalue weighted by Crippen LogP contribution is -2.44. The number of piperidine rings is 1. The van der Waals surface area contributed by atoms with Crippen molar-refractivity contribution in [3.63, 3.8) is 0 Å². The first kappa shape index (κ1) is 17.0. The molecule has 110 valence electrons. The van der Waals surface area contributed by atoms with Crippen LogP contribution in [0.5, 0.6) is 5.75 Å². The minimum Gasteiger partial charge on any atom is -0.485 e. The Bertz CT molecular complexity index is 550. The molecule has 2 heterocycles. The van der Waals surface area contributed by atoms with Crippen molar-refractivity contribution in [1.29, 1.82) is 0 Å². The Morgan fingerprint density at radius 2 is 2.00 bits per heavy atom. The number of hydrogen-bond acceptors (Lipinski definition) is 3. The highest BCUT2D eigenvalue weighted by atomic mass is 35.5. The number of ether oxygens (including phenoxy) is 1. The Morgan fingerprint density at radius 3 is 2.80 bits per heavy atom. The maximum absolute atomic E-state index is 13.7. The van der Waals surface area contributed by atoms with E-state index in [2.05, 4.69) is 10.3 Å². The zero-order valence-corrected chi connectivity index (χ0v) is 12.4. The number of rotatable bonds is 2. The number of fused-ring (bicyclic) bond motifs is 1. The van der Waals surface area contributed by atoms with Crippen molar-refractivity contribution in [2.75, 3.05) is 13.1 Å². The first-order valence-electron chi connectivity index (χ1n) is 6.20. The van der Waals surface area contributed by atoms with Crippen LogP contribution in [0.3, 0.4) is 0 Å². The summed E-state index contributed by atoms with van der Waals surface area (Å²) in [6.07, 6.45) is 1.08. The number of halogens is 3. The van der Waals surface area contributed by atoms with Crippen LogP contribution in [0, 0.1) is 0 Å². The summed E-state index contributed by atoms with van der Waals surface area (Å²) in [5, 5.41) is 4.03. The number of alkyl halides is 1. The van der Waals surface area contributed by atoms with Crippen molar-refractivity contribution in [2.45, 2.75) is 18.7 Å². The summed E-state index contributed by atoms with van der Waals surface area (Å²) in [6.45, 7) is 1.16. The van der Waals surface area contributed by atoms with Crippen LogP contribution in [-0.2, 0) is 0 Å². The highest BCUT2D eigenvalue weighted by molar-refractivity contribution is 5.85. The van der Waals surface area contributed by atoms with Crippen molar-refractivity contribution in [3.8, 4) is 5.75 Å². The van der Waals surface area contributed by atoms with E-state index >= 15 is 0 Å². The van der Waals surface area contributed by atoms with Crippen LogP contribution >= 0.6 is 24.8 Å². The molecule has 1 aromatic heterocycles. The summed E-state index contributed by atoms with van der Waals surface area (Å²) in [6, 6.07) is 9.60. The fourth-order valence-electron chi connectivity index (χ4n) is 2.26. The van der Waals surface area contributed by atoms with E-state index < -0.39 is 6.17 Å². The third kappa shape index (κ3) is 3.51. The molecule has 0 amide bonds. The molecule has 1 aliphatic rings. The van der Waals surface area contributed by atoms with E-state index in [1.54, 1.807) is 6.20 Å². The van der Waals surface area contributed by atoms with E-state index in [-0.39, 0.29) is 30.9 Å². The predicted octanol–water partition coefficient (Wildman–Crippen LogP) is 3.16. The summed E-state index contributed by atoms with van der Waals surface area (Å²) in [4.78, 5) is 4.31. The molecular weight excluding hydrogens is 302 g/mol. The molecule has 20 heavy (non-hydrogen) atoms. The van der Waals surface area contributed by atoms with Crippen molar-refractivity contribution in [1.82, 2.24) is 10.3 Å². The molecule has 0 saturated carbocycles. The van der Waals surface area contributed by atoms with Crippen LogP contribution in [0.2, 0.25) is 0 Å². The molecular formula is C14H17Cl2FN2O. The van der Waals surface area contributed by atoms with E-state index in [4.69, 9.17) is 4.74 Å². The topological polar surface area (TPSA) is 34.1 Å². The van der Waals surface area contributed by atoms with Gasteiger partial charge < -0.3 is 10.1 Å². The fourth-order valence-corrected chi connectivity index (χ4v) is 2.26. The molecule has 3 rings (SSSR count). The van der Waals surface area contributed by atoms with E-state index in [0.29, 0.717) is 18.7 Å². The van der Waals surface area contributed by atoms with Gasteiger partial charge in [0.25, 0.3) is 0 Å². The summed E-state index contributed by atoms with van der Waals surface area (Å²) >= 11 is 0. The quantitative estimate of drug-likeness (QED) is 0.923. The van der Waals surface area contributed by atoms with Crippen LogP contribution in [0.1, 0.15) is 6.42 Å². The second-order valence-electron chi connectivity index (χ2n) is 4.50. The van der Waals surface area contributed by atoms with Crippen molar-refractivity contribution in [3.05, 3.63) is 36.5 Å². The molecule has 2 unspecified atom stereocenters. The summed E-state index contributed by atoms with van der Waals surface area (Å²) in [5.74, 6) is 0.669. The molecule has 1 saturated heterocycles. The lowest BCUT2D eigenvalue weighted by Gasteiger charge is -2.27. The summed E-state index contributed by atoms with van der Waals surface area (Å²) in [5.41, 5.74) is 0.797. The molecule has 1 N–H and O–H groups in total. The molecule has 6 heteroatoms. The molecule has 0 radical (unpaired) electrons.